The first kappa shape index (κ1) is 15.9. The van der Waals surface area contributed by atoms with Crippen molar-refractivity contribution in [2.75, 3.05) is 33.7 Å². The molecule has 1 atom stereocenters. The summed E-state index contributed by atoms with van der Waals surface area (Å²) in [5, 5.41) is 8.80. The highest BCUT2D eigenvalue weighted by Gasteiger charge is 2.27. The molecule has 1 aromatic carbocycles. The molecule has 7 heteroatoms. The number of rotatable bonds is 4. The van der Waals surface area contributed by atoms with Gasteiger partial charge in [0.15, 0.2) is 0 Å². The van der Waals surface area contributed by atoms with E-state index in [2.05, 4.69) is 4.90 Å². The number of nitrogens with zero attached hydrogens (tertiary/aromatic N) is 3. The monoisotopic (exact) mass is 311 g/mol. The van der Waals surface area contributed by atoms with Gasteiger partial charge in [0, 0.05) is 20.1 Å². The molecule has 2 rings (SSSR count). The summed E-state index contributed by atoms with van der Waals surface area (Å²) in [6.45, 7) is 2.26. The molecule has 21 heavy (non-hydrogen) atoms. The Balaban J connectivity index is 2.19. The lowest BCUT2D eigenvalue weighted by Gasteiger charge is -2.21. The number of hydrogen-bond acceptors (Lipinski definition) is 4. The predicted octanol–water partition coefficient (Wildman–Crippen LogP) is 1.27. The Kier molecular flexibility index (Phi) is 4.61. The summed E-state index contributed by atoms with van der Waals surface area (Å²) in [5.41, 5.74) is -0.259. The van der Waals surface area contributed by atoms with E-state index in [1.807, 2.05) is 7.05 Å². The fraction of sp³-hybridized carbons (Fsp3) is 0.500. The summed E-state index contributed by atoms with van der Waals surface area (Å²) in [6.07, 6.45) is 0.962. The quantitative estimate of drug-likeness (QED) is 0.840. The van der Waals surface area contributed by atoms with E-state index in [0.29, 0.717) is 12.5 Å². The third kappa shape index (κ3) is 3.40. The lowest BCUT2D eigenvalue weighted by molar-refractivity contribution is 0.356. The second-order valence-electron chi connectivity index (χ2n) is 5.46. The lowest BCUT2D eigenvalue weighted by atomic mass is 10.1. The number of likely N-dealkylation sites (tertiary alicyclic amines) is 1. The molecule has 1 aliphatic rings. The first-order valence-corrected chi connectivity index (χ1v) is 8.13. The summed E-state index contributed by atoms with van der Waals surface area (Å²) in [7, 11) is -0.172. The Labute approximate surface area is 124 Å². The van der Waals surface area contributed by atoms with Crippen LogP contribution in [0.4, 0.5) is 4.39 Å². The van der Waals surface area contributed by atoms with Gasteiger partial charge in [-0.15, -0.1) is 0 Å². The minimum Gasteiger partial charge on any atom is -0.306 e. The largest absolute Gasteiger partial charge is 0.306 e. The van der Waals surface area contributed by atoms with E-state index in [1.165, 1.54) is 17.4 Å². The number of halogens is 1. The second kappa shape index (κ2) is 6.10. The van der Waals surface area contributed by atoms with Crippen molar-refractivity contribution in [1.29, 1.82) is 5.26 Å². The molecule has 114 valence electrons. The van der Waals surface area contributed by atoms with Crippen molar-refractivity contribution in [3.8, 4) is 6.07 Å². The molecule has 0 bridgehead atoms. The van der Waals surface area contributed by atoms with Crippen molar-refractivity contribution in [3.63, 3.8) is 0 Å². The molecule has 1 heterocycles. The minimum absolute atomic E-state index is 0.0469. The highest BCUT2D eigenvalue weighted by atomic mass is 32.2. The zero-order valence-electron chi connectivity index (χ0n) is 12.1. The molecule has 0 amide bonds. The zero-order valence-corrected chi connectivity index (χ0v) is 12.9. The van der Waals surface area contributed by atoms with Crippen LogP contribution >= 0.6 is 0 Å². The molecule has 0 radical (unpaired) electrons. The molecule has 0 saturated carbocycles. The van der Waals surface area contributed by atoms with Crippen molar-refractivity contribution in [1.82, 2.24) is 9.21 Å². The Bertz CT molecular complexity index is 669. The maximum atomic E-state index is 13.3. The third-order valence-corrected chi connectivity index (χ3v) is 5.59. The van der Waals surface area contributed by atoms with E-state index < -0.39 is 15.8 Å². The van der Waals surface area contributed by atoms with E-state index >= 15 is 0 Å². The molecule has 0 aromatic heterocycles. The Morgan fingerprint density at radius 2 is 2.24 bits per heavy atom. The average molecular weight is 311 g/mol. The zero-order chi connectivity index (χ0) is 15.6. The standard InChI is InChI=1S/C14H18FN3O2S/c1-17-6-5-11(9-17)10-18(2)21(19,20)13-3-4-14(15)12(7-13)8-16/h3-4,7,11H,5-6,9-10H2,1-2H3. The molecule has 1 unspecified atom stereocenters. The Morgan fingerprint density at radius 1 is 1.52 bits per heavy atom. The van der Waals surface area contributed by atoms with E-state index in [9.17, 15) is 12.8 Å². The first-order chi connectivity index (χ1) is 9.84. The molecule has 1 aromatic rings. The van der Waals surface area contributed by atoms with Gasteiger partial charge in [-0.05, 0) is 44.1 Å². The molecule has 0 spiro atoms. The van der Waals surface area contributed by atoms with Crippen LogP contribution in [0.15, 0.2) is 23.1 Å². The predicted molar refractivity (Wildman–Crippen MR) is 76.5 cm³/mol. The summed E-state index contributed by atoms with van der Waals surface area (Å²) in [5.74, 6) is -0.415. The van der Waals surface area contributed by atoms with Crippen LogP contribution in [-0.4, -0.2) is 51.4 Å². The maximum absolute atomic E-state index is 13.3. The minimum atomic E-state index is -3.70. The third-order valence-electron chi connectivity index (χ3n) is 3.77. The van der Waals surface area contributed by atoms with Crippen molar-refractivity contribution in [2.45, 2.75) is 11.3 Å². The van der Waals surface area contributed by atoms with Gasteiger partial charge in [0.05, 0.1) is 10.5 Å². The highest BCUT2D eigenvalue weighted by molar-refractivity contribution is 7.89. The maximum Gasteiger partial charge on any atom is 0.242 e. The van der Waals surface area contributed by atoms with Crippen molar-refractivity contribution in [3.05, 3.63) is 29.6 Å². The van der Waals surface area contributed by atoms with Crippen LogP contribution in [0.5, 0.6) is 0 Å². The van der Waals surface area contributed by atoms with Crippen LogP contribution in [0.1, 0.15) is 12.0 Å². The summed E-state index contributed by atoms with van der Waals surface area (Å²) in [6, 6.07) is 4.96. The number of benzene rings is 1. The van der Waals surface area contributed by atoms with Gasteiger partial charge in [0.1, 0.15) is 11.9 Å². The van der Waals surface area contributed by atoms with E-state index in [-0.39, 0.29) is 10.5 Å². The van der Waals surface area contributed by atoms with Crippen molar-refractivity contribution in [2.24, 2.45) is 5.92 Å². The fourth-order valence-electron chi connectivity index (χ4n) is 2.57. The first-order valence-electron chi connectivity index (χ1n) is 6.69. The van der Waals surface area contributed by atoms with Crippen LogP contribution in [-0.2, 0) is 10.0 Å². The number of hydrogen-bond donors (Lipinski definition) is 0. The van der Waals surface area contributed by atoms with Gasteiger partial charge in [0.25, 0.3) is 0 Å². The molecule has 5 nitrogen and oxygen atoms in total. The Morgan fingerprint density at radius 3 is 2.81 bits per heavy atom. The SMILES string of the molecule is CN1CCC(CN(C)S(=O)(=O)c2ccc(F)c(C#N)c2)C1. The number of nitriles is 1. The van der Waals surface area contributed by atoms with Crippen LogP contribution in [0, 0.1) is 23.1 Å². The molecular weight excluding hydrogens is 293 g/mol. The van der Waals surface area contributed by atoms with Gasteiger partial charge in [-0.2, -0.15) is 5.26 Å². The molecular formula is C14H18FN3O2S. The highest BCUT2D eigenvalue weighted by Crippen LogP contribution is 2.21. The van der Waals surface area contributed by atoms with Crippen LogP contribution in [0.2, 0.25) is 0 Å². The van der Waals surface area contributed by atoms with Crippen LogP contribution in [0.25, 0.3) is 0 Å². The summed E-state index contributed by atoms with van der Waals surface area (Å²) in [4.78, 5) is 2.12. The average Bonchev–Trinajstić information content (AvgIpc) is 2.84. The van der Waals surface area contributed by atoms with Gasteiger partial charge < -0.3 is 4.90 Å². The normalized spacial score (nSPS) is 19.9. The number of sulfonamides is 1. The van der Waals surface area contributed by atoms with E-state index in [4.69, 9.17) is 5.26 Å². The topological polar surface area (TPSA) is 64.4 Å². The summed E-state index contributed by atoms with van der Waals surface area (Å²) >= 11 is 0. The smallest absolute Gasteiger partial charge is 0.242 e. The molecule has 0 aliphatic carbocycles. The van der Waals surface area contributed by atoms with Gasteiger partial charge in [-0.3, -0.25) is 0 Å². The van der Waals surface area contributed by atoms with Crippen molar-refractivity contribution < 1.29 is 12.8 Å². The van der Waals surface area contributed by atoms with E-state index in [0.717, 1.165) is 31.6 Å². The van der Waals surface area contributed by atoms with Gasteiger partial charge in [-0.1, -0.05) is 0 Å². The van der Waals surface area contributed by atoms with E-state index in [1.54, 1.807) is 6.07 Å². The molecule has 1 aliphatic heterocycles. The second-order valence-corrected chi connectivity index (χ2v) is 7.50. The van der Waals surface area contributed by atoms with Gasteiger partial charge >= 0.3 is 0 Å². The molecule has 0 N–H and O–H groups in total. The van der Waals surface area contributed by atoms with Gasteiger partial charge in [0.2, 0.25) is 10.0 Å². The van der Waals surface area contributed by atoms with Crippen LogP contribution in [0.3, 0.4) is 0 Å². The van der Waals surface area contributed by atoms with Crippen molar-refractivity contribution >= 4 is 10.0 Å². The van der Waals surface area contributed by atoms with Gasteiger partial charge in [-0.25, -0.2) is 17.1 Å². The summed E-state index contributed by atoms with van der Waals surface area (Å²) < 4.78 is 39.5. The fourth-order valence-corrected chi connectivity index (χ4v) is 3.84. The van der Waals surface area contributed by atoms with Crippen LogP contribution < -0.4 is 0 Å². The Hall–Kier alpha value is -1.49. The molecule has 1 saturated heterocycles. The lowest BCUT2D eigenvalue weighted by Crippen LogP contribution is -2.33. The molecule has 1 fully saturated rings.